The van der Waals surface area contributed by atoms with E-state index in [1.54, 1.807) is 47.9 Å². The first-order valence-electron chi connectivity index (χ1n) is 8.81. The van der Waals surface area contributed by atoms with Crippen LogP contribution >= 0.6 is 0 Å². The zero-order valence-electron chi connectivity index (χ0n) is 15.4. The van der Waals surface area contributed by atoms with Crippen molar-refractivity contribution in [3.8, 4) is 11.5 Å². The summed E-state index contributed by atoms with van der Waals surface area (Å²) in [5.74, 6) is 0.317. The van der Waals surface area contributed by atoms with Gasteiger partial charge in [-0.25, -0.2) is 4.79 Å². The van der Waals surface area contributed by atoms with Crippen LogP contribution in [0.15, 0.2) is 30.5 Å². The molecular weight excluding hydrogens is 350 g/mol. The van der Waals surface area contributed by atoms with Gasteiger partial charge < -0.3 is 19.5 Å². The van der Waals surface area contributed by atoms with Crippen LogP contribution in [0.4, 0.5) is 0 Å². The van der Waals surface area contributed by atoms with Crippen LogP contribution in [0.1, 0.15) is 34.9 Å². The van der Waals surface area contributed by atoms with Crippen molar-refractivity contribution in [2.45, 2.75) is 25.8 Å². The molecule has 8 nitrogen and oxygen atoms in total. The first-order valence-corrected chi connectivity index (χ1v) is 8.81. The smallest absolute Gasteiger partial charge is 0.339 e. The van der Waals surface area contributed by atoms with Gasteiger partial charge in [0.15, 0.2) is 6.61 Å². The molecule has 1 fully saturated rings. The number of benzene rings is 1. The van der Waals surface area contributed by atoms with E-state index in [0.29, 0.717) is 24.5 Å². The highest BCUT2D eigenvalue weighted by Gasteiger charge is 2.26. The molecule has 1 amide bonds. The minimum Gasteiger partial charge on any atom is -0.497 e. The number of amides is 1. The lowest BCUT2D eigenvalue weighted by Gasteiger charge is -2.32. The number of hydrogen-bond donors (Lipinski definition) is 1. The lowest BCUT2D eigenvalue weighted by molar-refractivity contribution is -0.134. The Kier molecular flexibility index (Phi) is 5.63. The summed E-state index contributed by atoms with van der Waals surface area (Å²) in [5.41, 5.74) is 0.872. The maximum Gasteiger partial charge on any atom is 0.339 e. The Hall–Kier alpha value is -3.03. The van der Waals surface area contributed by atoms with Crippen LogP contribution in [0.5, 0.6) is 11.5 Å². The van der Waals surface area contributed by atoms with Crippen molar-refractivity contribution in [2.75, 3.05) is 26.8 Å². The number of carbonyl (C=O) groups is 2. The zero-order chi connectivity index (χ0) is 19.4. The van der Waals surface area contributed by atoms with Gasteiger partial charge in [-0.1, -0.05) is 0 Å². The van der Waals surface area contributed by atoms with E-state index in [2.05, 4.69) is 5.10 Å². The molecule has 0 spiro atoms. The predicted octanol–water partition coefficient (Wildman–Crippen LogP) is 2.14. The minimum atomic E-state index is -0.970. The van der Waals surface area contributed by atoms with Gasteiger partial charge in [0.25, 0.3) is 5.91 Å². The fourth-order valence-electron chi connectivity index (χ4n) is 3.27. The molecule has 2 heterocycles. The lowest BCUT2D eigenvalue weighted by atomic mass is 10.0. The number of carboxylic acid groups (broad SMARTS) is 1. The van der Waals surface area contributed by atoms with Crippen LogP contribution in [-0.4, -0.2) is 58.5 Å². The number of ether oxygens (including phenoxy) is 2. The molecule has 1 aromatic heterocycles. The van der Waals surface area contributed by atoms with Gasteiger partial charge >= 0.3 is 5.97 Å². The summed E-state index contributed by atoms with van der Waals surface area (Å²) < 4.78 is 12.4. The molecular formula is C19H23N3O5. The highest BCUT2D eigenvalue weighted by Crippen LogP contribution is 2.25. The number of piperidine rings is 1. The first kappa shape index (κ1) is 18.8. The SMILES string of the molecule is COc1ccc(OCC(=O)N2CCC(n3ncc(C(=O)O)c3C)CC2)cc1. The van der Waals surface area contributed by atoms with E-state index in [4.69, 9.17) is 14.6 Å². The third-order valence-electron chi connectivity index (χ3n) is 4.86. The highest BCUT2D eigenvalue weighted by atomic mass is 16.5. The van der Waals surface area contributed by atoms with Crippen LogP contribution < -0.4 is 9.47 Å². The molecule has 3 rings (SSSR count). The normalized spacial score (nSPS) is 14.8. The van der Waals surface area contributed by atoms with Crippen molar-refractivity contribution in [3.05, 3.63) is 41.7 Å². The van der Waals surface area contributed by atoms with E-state index in [0.717, 1.165) is 18.6 Å². The Bertz CT molecular complexity index is 807. The first-order chi connectivity index (χ1) is 13.0. The number of methoxy groups -OCH3 is 1. The maximum absolute atomic E-state index is 12.4. The number of carboxylic acids is 1. The Morgan fingerprint density at radius 3 is 2.37 bits per heavy atom. The average Bonchev–Trinajstić information content (AvgIpc) is 3.08. The summed E-state index contributed by atoms with van der Waals surface area (Å²) >= 11 is 0. The van der Waals surface area contributed by atoms with Crippen LogP contribution in [0, 0.1) is 6.92 Å². The summed E-state index contributed by atoms with van der Waals surface area (Å²) in [7, 11) is 1.59. The fraction of sp³-hybridized carbons (Fsp3) is 0.421. The van der Waals surface area contributed by atoms with Crippen molar-refractivity contribution in [3.63, 3.8) is 0 Å². The molecule has 1 aliphatic heterocycles. The lowest BCUT2D eigenvalue weighted by Crippen LogP contribution is -2.41. The molecule has 0 unspecified atom stereocenters. The van der Waals surface area contributed by atoms with E-state index >= 15 is 0 Å². The summed E-state index contributed by atoms with van der Waals surface area (Å²) in [4.78, 5) is 25.3. The molecule has 27 heavy (non-hydrogen) atoms. The van der Waals surface area contributed by atoms with Crippen LogP contribution in [0.25, 0.3) is 0 Å². The van der Waals surface area contributed by atoms with Crippen molar-refractivity contribution < 1.29 is 24.2 Å². The topological polar surface area (TPSA) is 93.9 Å². The van der Waals surface area contributed by atoms with Gasteiger partial charge in [-0.3, -0.25) is 9.48 Å². The monoisotopic (exact) mass is 373 g/mol. The molecule has 2 aromatic rings. The van der Waals surface area contributed by atoms with Gasteiger partial charge in [-0.2, -0.15) is 5.10 Å². The van der Waals surface area contributed by atoms with Gasteiger partial charge in [-0.15, -0.1) is 0 Å². The average molecular weight is 373 g/mol. The summed E-state index contributed by atoms with van der Waals surface area (Å²) in [6.45, 7) is 2.94. The third kappa shape index (κ3) is 4.21. The maximum atomic E-state index is 12.4. The van der Waals surface area contributed by atoms with E-state index in [-0.39, 0.29) is 24.1 Å². The Balaban J connectivity index is 1.51. The number of hydrogen-bond acceptors (Lipinski definition) is 5. The number of carbonyl (C=O) groups excluding carboxylic acids is 1. The van der Waals surface area contributed by atoms with Crippen LogP contribution in [-0.2, 0) is 4.79 Å². The van der Waals surface area contributed by atoms with Crippen molar-refractivity contribution >= 4 is 11.9 Å². The molecule has 8 heteroatoms. The summed E-state index contributed by atoms with van der Waals surface area (Å²) in [6.07, 6.45) is 2.85. The predicted molar refractivity (Wildman–Crippen MR) is 97.3 cm³/mol. The third-order valence-corrected chi connectivity index (χ3v) is 4.86. The molecule has 1 saturated heterocycles. The highest BCUT2D eigenvalue weighted by molar-refractivity contribution is 5.88. The molecule has 1 aromatic carbocycles. The number of aromatic nitrogens is 2. The van der Waals surface area contributed by atoms with E-state index < -0.39 is 5.97 Å². The van der Waals surface area contributed by atoms with Crippen molar-refractivity contribution in [1.82, 2.24) is 14.7 Å². The van der Waals surface area contributed by atoms with Crippen LogP contribution in [0.2, 0.25) is 0 Å². The molecule has 1 aliphatic rings. The van der Waals surface area contributed by atoms with E-state index in [1.165, 1.54) is 6.20 Å². The Morgan fingerprint density at radius 1 is 1.19 bits per heavy atom. The van der Waals surface area contributed by atoms with E-state index in [9.17, 15) is 9.59 Å². The zero-order valence-corrected chi connectivity index (χ0v) is 15.4. The molecule has 0 saturated carbocycles. The standard InChI is InChI=1S/C19H23N3O5/c1-13-17(19(24)25)11-20-22(13)14-7-9-21(10-8-14)18(23)12-27-16-5-3-15(26-2)4-6-16/h3-6,11,14H,7-10,12H2,1-2H3,(H,24,25). The van der Waals surface area contributed by atoms with Crippen molar-refractivity contribution in [1.29, 1.82) is 0 Å². The molecule has 0 atom stereocenters. The largest absolute Gasteiger partial charge is 0.497 e. The van der Waals surface area contributed by atoms with Gasteiger partial charge in [0, 0.05) is 13.1 Å². The molecule has 0 radical (unpaired) electrons. The summed E-state index contributed by atoms with van der Waals surface area (Å²) in [5, 5.41) is 13.4. The van der Waals surface area contributed by atoms with Crippen LogP contribution in [0.3, 0.4) is 0 Å². The molecule has 0 bridgehead atoms. The number of rotatable bonds is 6. The van der Waals surface area contributed by atoms with E-state index in [1.807, 2.05) is 0 Å². The second-order valence-corrected chi connectivity index (χ2v) is 6.47. The van der Waals surface area contributed by atoms with Gasteiger partial charge in [0.1, 0.15) is 17.1 Å². The summed E-state index contributed by atoms with van der Waals surface area (Å²) in [6, 6.07) is 7.19. The number of aromatic carboxylic acids is 1. The minimum absolute atomic E-state index is 0.0129. The number of likely N-dealkylation sites (tertiary alicyclic amines) is 1. The Morgan fingerprint density at radius 2 is 1.81 bits per heavy atom. The van der Waals surface area contributed by atoms with Gasteiger partial charge in [0.2, 0.25) is 0 Å². The van der Waals surface area contributed by atoms with Crippen molar-refractivity contribution in [2.24, 2.45) is 0 Å². The van der Waals surface area contributed by atoms with Gasteiger partial charge in [-0.05, 0) is 44.0 Å². The quantitative estimate of drug-likeness (QED) is 0.834. The Labute approximate surface area is 157 Å². The second-order valence-electron chi connectivity index (χ2n) is 6.47. The molecule has 0 aliphatic carbocycles. The second kappa shape index (κ2) is 8.11. The van der Waals surface area contributed by atoms with Gasteiger partial charge in [0.05, 0.1) is 25.0 Å². The molecule has 144 valence electrons. The number of nitrogens with zero attached hydrogens (tertiary/aromatic N) is 3. The fourth-order valence-corrected chi connectivity index (χ4v) is 3.27. The molecule has 1 N–H and O–H groups in total.